The van der Waals surface area contributed by atoms with Crippen molar-refractivity contribution >= 4 is 27.8 Å². The molecule has 3 aromatic rings. The van der Waals surface area contributed by atoms with Crippen molar-refractivity contribution in [1.82, 2.24) is 14.8 Å². The standard InChI is InChI=1S/C11H8N4OS/c12-5-7-6-13-15(10(7)16)11-14-8-3-1-2-4-9(8)17-11/h1-6,12-13H. The van der Waals surface area contributed by atoms with E-state index in [9.17, 15) is 4.79 Å². The molecule has 6 heteroatoms. The van der Waals surface area contributed by atoms with E-state index in [4.69, 9.17) is 5.41 Å². The van der Waals surface area contributed by atoms with Gasteiger partial charge in [-0.2, -0.15) is 4.68 Å². The van der Waals surface area contributed by atoms with Gasteiger partial charge in [0.2, 0.25) is 5.13 Å². The van der Waals surface area contributed by atoms with Crippen LogP contribution in [0.25, 0.3) is 15.3 Å². The highest BCUT2D eigenvalue weighted by atomic mass is 32.1. The Bertz CT molecular complexity index is 719. The van der Waals surface area contributed by atoms with Crippen molar-refractivity contribution in [2.75, 3.05) is 0 Å². The van der Waals surface area contributed by atoms with E-state index in [1.165, 1.54) is 22.2 Å². The first-order valence-corrected chi connectivity index (χ1v) is 5.78. The molecule has 17 heavy (non-hydrogen) atoms. The minimum atomic E-state index is -0.251. The van der Waals surface area contributed by atoms with Crippen molar-refractivity contribution in [1.29, 1.82) is 5.41 Å². The van der Waals surface area contributed by atoms with E-state index in [0.717, 1.165) is 16.4 Å². The van der Waals surface area contributed by atoms with Crippen LogP contribution in [-0.4, -0.2) is 21.0 Å². The van der Waals surface area contributed by atoms with Gasteiger partial charge in [0.1, 0.15) is 0 Å². The van der Waals surface area contributed by atoms with Crippen LogP contribution < -0.4 is 5.56 Å². The molecule has 2 heterocycles. The lowest BCUT2D eigenvalue weighted by Crippen LogP contribution is -2.16. The predicted octanol–water partition coefficient (Wildman–Crippen LogP) is 1.77. The molecule has 0 fully saturated rings. The zero-order valence-electron chi connectivity index (χ0n) is 8.68. The Morgan fingerprint density at radius 2 is 2.24 bits per heavy atom. The number of H-pyrrole nitrogens is 1. The fourth-order valence-corrected chi connectivity index (χ4v) is 2.52. The summed E-state index contributed by atoms with van der Waals surface area (Å²) >= 11 is 1.43. The van der Waals surface area contributed by atoms with Crippen LogP contribution in [0.3, 0.4) is 0 Å². The van der Waals surface area contributed by atoms with Crippen molar-refractivity contribution in [2.45, 2.75) is 0 Å². The lowest BCUT2D eigenvalue weighted by atomic mass is 10.3. The van der Waals surface area contributed by atoms with Crippen molar-refractivity contribution in [2.24, 2.45) is 0 Å². The maximum absolute atomic E-state index is 11.8. The molecular weight excluding hydrogens is 236 g/mol. The summed E-state index contributed by atoms with van der Waals surface area (Å²) in [7, 11) is 0. The maximum atomic E-state index is 11.8. The largest absolute Gasteiger partial charge is 0.308 e. The molecule has 0 aliphatic rings. The molecule has 0 aliphatic heterocycles. The second kappa shape index (κ2) is 3.67. The first-order chi connectivity index (χ1) is 8.29. The van der Waals surface area contributed by atoms with Gasteiger partial charge in [-0.25, -0.2) is 4.98 Å². The number of nitrogens with one attached hydrogen (secondary N) is 2. The van der Waals surface area contributed by atoms with Crippen LogP contribution in [0.5, 0.6) is 0 Å². The summed E-state index contributed by atoms with van der Waals surface area (Å²) in [5.41, 5.74) is 0.939. The molecule has 0 radical (unpaired) electrons. The van der Waals surface area contributed by atoms with Gasteiger partial charge in [-0.05, 0) is 12.1 Å². The summed E-state index contributed by atoms with van der Waals surface area (Å²) < 4.78 is 2.38. The SMILES string of the molecule is N=Cc1c[nH]n(-c2nc3ccccc3s2)c1=O. The number of benzene rings is 1. The third-order valence-electron chi connectivity index (χ3n) is 2.43. The predicted molar refractivity (Wildman–Crippen MR) is 67.5 cm³/mol. The van der Waals surface area contributed by atoms with Crippen molar-refractivity contribution in [3.8, 4) is 5.13 Å². The molecule has 0 aliphatic carbocycles. The number of hydrogen-bond donors (Lipinski definition) is 2. The monoisotopic (exact) mass is 244 g/mol. The van der Waals surface area contributed by atoms with Crippen LogP contribution in [0, 0.1) is 5.41 Å². The molecule has 0 bridgehead atoms. The van der Waals surface area contributed by atoms with E-state index in [-0.39, 0.29) is 5.56 Å². The Morgan fingerprint density at radius 1 is 1.41 bits per heavy atom. The third-order valence-corrected chi connectivity index (χ3v) is 3.45. The molecule has 0 atom stereocenters. The Hall–Kier alpha value is -2.21. The molecule has 2 N–H and O–H groups in total. The normalized spacial score (nSPS) is 10.8. The van der Waals surface area contributed by atoms with Gasteiger partial charge in [0.25, 0.3) is 5.56 Å². The molecular formula is C11H8N4OS. The fraction of sp³-hybridized carbons (Fsp3) is 0. The number of aromatic nitrogens is 3. The second-order valence-electron chi connectivity index (χ2n) is 3.48. The van der Waals surface area contributed by atoms with E-state index >= 15 is 0 Å². The molecule has 5 nitrogen and oxygen atoms in total. The van der Waals surface area contributed by atoms with Gasteiger partial charge >= 0.3 is 0 Å². The maximum Gasteiger partial charge on any atom is 0.282 e. The lowest BCUT2D eigenvalue weighted by molar-refractivity contribution is 0.842. The van der Waals surface area contributed by atoms with Crippen molar-refractivity contribution in [3.05, 3.63) is 46.4 Å². The van der Waals surface area contributed by atoms with Gasteiger partial charge in [0, 0.05) is 12.4 Å². The Morgan fingerprint density at radius 3 is 2.94 bits per heavy atom. The van der Waals surface area contributed by atoms with E-state index < -0.39 is 0 Å². The van der Waals surface area contributed by atoms with E-state index in [2.05, 4.69) is 10.1 Å². The number of thiazole rings is 1. The zero-order valence-corrected chi connectivity index (χ0v) is 9.49. The second-order valence-corrected chi connectivity index (χ2v) is 4.49. The first kappa shape index (κ1) is 9.98. The number of aromatic amines is 1. The summed E-state index contributed by atoms with van der Waals surface area (Å²) in [5.74, 6) is 0. The van der Waals surface area contributed by atoms with Crippen molar-refractivity contribution < 1.29 is 0 Å². The molecule has 0 unspecified atom stereocenters. The minimum absolute atomic E-state index is 0.251. The van der Waals surface area contributed by atoms with Crippen LogP contribution in [0.15, 0.2) is 35.3 Å². The van der Waals surface area contributed by atoms with Crippen LogP contribution >= 0.6 is 11.3 Å². The summed E-state index contributed by atoms with van der Waals surface area (Å²) in [6.07, 6.45) is 2.53. The molecule has 84 valence electrons. The summed E-state index contributed by atoms with van der Waals surface area (Å²) in [4.78, 5) is 16.2. The number of rotatable bonds is 2. The molecule has 3 rings (SSSR count). The van der Waals surface area contributed by atoms with E-state index in [0.29, 0.717) is 10.7 Å². The smallest absolute Gasteiger partial charge is 0.282 e. The summed E-state index contributed by atoms with van der Waals surface area (Å²) in [6, 6.07) is 7.71. The van der Waals surface area contributed by atoms with Crippen LogP contribution in [0.4, 0.5) is 0 Å². The molecule has 0 spiro atoms. The lowest BCUT2D eigenvalue weighted by Gasteiger charge is -1.91. The van der Waals surface area contributed by atoms with Crippen LogP contribution in [0.1, 0.15) is 5.56 Å². The number of hydrogen-bond acceptors (Lipinski definition) is 4. The van der Waals surface area contributed by atoms with Gasteiger partial charge in [0.05, 0.1) is 15.8 Å². The Balaban J connectivity index is 2.23. The van der Waals surface area contributed by atoms with Gasteiger partial charge in [-0.15, -0.1) is 0 Å². The number of nitrogens with zero attached hydrogens (tertiary/aromatic N) is 2. The Kier molecular flexibility index (Phi) is 2.15. The highest BCUT2D eigenvalue weighted by Crippen LogP contribution is 2.22. The average molecular weight is 244 g/mol. The molecule has 1 aromatic carbocycles. The molecule has 0 saturated heterocycles. The average Bonchev–Trinajstić information content (AvgIpc) is 2.91. The van der Waals surface area contributed by atoms with Gasteiger partial charge in [-0.1, -0.05) is 23.5 Å². The first-order valence-electron chi connectivity index (χ1n) is 4.96. The van der Waals surface area contributed by atoms with Crippen molar-refractivity contribution in [3.63, 3.8) is 0 Å². The summed E-state index contributed by atoms with van der Waals surface area (Å²) in [5, 5.41) is 10.5. The molecule has 0 saturated carbocycles. The number of fused-ring (bicyclic) bond motifs is 1. The molecule has 2 aromatic heterocycles. The van der Waals surface area contributed by atoms with Crippen LogP contribution in [-0.2, 0) is 0 Å². The topological polar surface area (TPSA) is 74.5 Å². The number of para-hydroxylation sites is 1. The Labute approximate surface area is 99.8 Å². The summed E-state index contributed by atoms with van der Waals surface area (Å²) in [6.45, 7) is 0. The van der Waals surface area contributed by atoms with Gasteiger partial charge in [-0.3, -0.25) is 9.89 Å². The molecule has 0 amide bonds. The van der Waals surface area contributed by atoms with E-state index in [1.54, 1.807) is 0 Å². The van der Waals surface area contributed by atoms with Gasteiger partial charge < -0.3 is 5.41 Å². The van der Waals surface area contributed by atoms with Crippen LogP contribution in [0.2, 0.25) is 0 Å². The van der Waals surface area contributed by atoms with E-state index in [1.807, 2.05) is 24.3 Å². The highest BCUT2D eigenvalue weighted by molar-refractivity contribution is 7.20. The fourth-order valence-electron chi connectivity index (χ4n) is 1.58. The quantitative estimate of drug-likeness (QED) is 0.674. The third kappa shape index (κ3) is 1.50. The van der Waals surface area contributed by atoms with Gasteiger partial charge in [0.15, 0.2) is 0 Å². The minimum Gasteiger partial charge on any atom is -0.308 e. The zero-order chi connectivity index (χ0) is 11.8. The highest BCUT2D eigenvalue weighted by Gasteiger charge is 2.10.